The summed E-state index contributed by atoms with van der Waals surface area (Å²) >= 11 is 0. The average molecular weight is 297 g/mol. The van der Waals surface area contributed by atoms with E-state index in [9.17, 15) is 9.59 Å². The second kappa shape index (κ2) is 7.38. The maximum absolute atomic E-state index is 12.2. The van der Waals surface area contributed by atoms with Crippen LogP contribution in [0.25, 0.3) is 0 Å². The number of rotatable bonds is 6. The minimum Gasteiger partial charge on any atom is -0.368 e. The fraction of sp³-hybridized carbons (Fsp3) is 0.176. The van der Waals surface area contributed by atoms with Crippen LogP contribution in [-0.4, -0.2) is 17.9 Å². The van der Waals surface area contributed by atoms with Gasteiger partial charge in [0, 0.05) is 0 Å². The van der Waals surface area contributed by atoms with E-state index < -0.39 is 23.9 Å². The lowest BCUT2D eigenvalue weighted by molar-refractivity contribution is -0.128. The molecule has 114 valence electrons. The van der Waals surface area contributed by atoms with Gasteiger partial charge in [-0.2, -0.15) is 0 Å². The third-order valence-electron chi connectivity index (χ3n) is 3.34. The highest BCUT2D eigenvalue weighted by atomic mass is 16.2. The predicted molar refractivity (Wildman–Crippen MR) is 84.6 cm³/mol. The van der Waals surface area contributed by atoms with Crippen molar-refractivity contribution in [2.24, 2.45) is 11.5 Å². The summed E-state index contributed by atoms with van der Waals surface area (Å²) in [6, 6.07) is 16.7. The summed E-state index contributed by atoms with van der Waals surface area (Å²) in [6.07, 6.45) is 0.396. The summed E-state index contributed by atoms with van der Waals surface area (Å²) < 4.78 is 0. The zero-order chi connectivity index (χ0) is 15.9. The molecule has 1 unspecified atom stereocenters. The number of nitrogens with two attached hydrogens (primary N) is 2. The maximum Gasteiger partial charge on any atom is 0.244 e. The molecule has 2 atom stereocenters. The van der Waals surface area contributed by atoms with E-state index in [0.29, 0.717) is 12.0 Å². The Morgan fingerprint density at radius 2 is 1.50 bits per heavy atom. The first-order valence-corrected chi connectivity index (χ1v) is 7.02. The maximum atomic E-state index is 12.2. The van der Waals surface area contributed by atoms with Crippen molar-refractivity contribution < 1.29 is 9.59 Å². The minimum absolute atomic E-state index is 0.396. The zero-order valence-corrected chi connectivity index (χ0v) is 12.1. The molecule has 0 spiro atoms. The van der Waals surface area contributed by atoms with Crippen molar-refractivity contribution >= 4 is 11.8 Å². The highest BCUT2D eigenvalue weighted by Crippen LogP contribution is 2.12. The number of primary amides is 1. The molecule has 0 aliphatic rings. The molecule has 5 heteroatoms. The predicted octanol–water partition coefficient (Wildman–Crippen LogP) is 0.899. The quantitative estimate of drug-likeness (QED) is 0.738. The largest absolute Gasteiger partial charge is 0.368 e. The summed E-state index contributed by atoms with van der Waals surface area (Å²) in [7, 11) is 0. The van der Waals surface area contributed by atoms with Crippen LogP contribution in [0, 0.1) is 0 Å². The van der Waals surface area contributed by atoms with E-state index in [1.54, 1.807) is 24.3 Å². The molecule has 0 bridgehead atoms. The van der Waals surface area contributed by atoms with E-state index in [0.717, 1.165) is 5.56 Å². The number of carbonyl (C=O) groups excluding carboxylic acids is 2. The first-order valence-electron chi connectivity index (χ1n) is 7.02. The molecular formula is C17H19N3O2. The van der Waals surface area contributed by atoms with Crippen molar-refractivity contribution in [1.82, 2.24) is 5.32 Å². The Morgan fingerprint density at radius 3 is 2.05 bits per heavy atom. The fourth-order valence-electron chi connectivity index (χ4n) is 2.17. The molecule has 0 saturated carbocycles. The van der Waals surface area contributed by atoms with E-state index in [2.05, 4.69) is 5.32 Å². The summed E-state index contributed by atoms with van der Waals surface area (Å²) in [6.45, 7) is 0. The van der Waals surface area contributed by atoms with Gasteiger partial charge in [0.05, 0.1) is 6.04 Å². The Labute approximate surface area is 129 Å². The van der Waals surface area contributed by atoms with Gasteiger partial charge in [0.15, 0.2) is 0 Å². The number of benzene rings is 2. The van der Waals surface area contributed by atoms with Crippen LogP contribution in [0.15, 0.2) is 60.7 Å². The van der Waals surface area contributed by atoms with Gasteiger partial charge in [-0.15, -0.1) is 0 Å². The molecule has 0 saturated heterocycles. The molecule has 0 radical (unpaired) electrons. The van der Waals surface area contributed by atoms with Crippen LogP contribution in [0.4, 0.5) is 0 Å². The molecular weight excluding hydrogens is 278 g/mol. The van der Waals surface area contributed by atoms with E-state index in [-0.39, 0.29) is 0 Å². The van der Waals surface area contributed by atoms with Gasteiger partial charge in [-0.1, -0.05) is 60.7 Å². The van der Waals surface area contributed by atoms with Crippen molar-refractivity contribution in [3.8, 4) is 0 Å². The minimum atomic E-state index is -0.879. The van der Waals surface area contributed by atoms with Crippen LogP contribution in [0.5, 0.6) is 0 Å². The lowest BCUT2D eigenvalue weighted by Gasteiger charge is -2.19. The van der Waals surface area contributed by atoms with Gasteiger partial charge in [-0.25, -0.2) is 0 Å². The Balaban J connectivity index is 2.04. The second-order valence-corrected chi connectivity index (χ2v) is 5.05. The summed E-state index contributed by atoms with van der Waals surface area (Å²) in [4.78, 5) is 23.8. The van der Waals surface area contributed by atoms with E-state index >= 15 is 0 Å². The zero-order valence-electron chi connectivity index (χ0n) is 12.1. The standard InChI is InChI=1S/C17H19N3O2/c18-14(11-12-7-3-1-4-8-12)17(22)20-15(16(19)21)13-9-5-2-6-10-13/h1-10,14-15H,11,18H2,(H2,19,21)(H,20,22)/t14-,15?/m0/s1. The molecule has 0 aliphatic heterocycles. The summed E-state index contributed by atoms with van der Waals surface area (Å²) in [5, 5.41) is 2.61. The monoisotopic (exact) mass is 297 g/mol. The average Bonchev–Trinajstić information content (AvgIpc) is 2.53. The van der Waals surface area contributed by atoms with Crippen LogP contribution in [0.3, 0.4) is 0 Å². The van der Waals surface area contributed by atoms with Crippen LogP contribution in [-0.2, 0) is 16.0 Å². The molecule has 0 aliphatic carbocycles. The molecule has 5 N–H and O–H groups in total. The highest BCUT2D eigenvalue weighted by Gasteiger charge is 2.23. The van der Waals surface area contributed by atoms with Crippen molar-refractivity contribution in [2.45, 2.75) is 18.5 Å². The van der Waals surface area contributed by atoms with Gasteiger partial charge in [0.2, 0.25) is 11.8 Å². The van der Waals surface area contributed by atoms with Crippen LogP contribution in [0.1, 0.15) is 17.2 Å². The number of hydrogen-bond donors (Lipinski definition) is 3. The Bertz CT molecular complexity index is 629. The van der Waals surface area contributed by atoms with Gasteiger partial charge in [-0.05, 0) is 17.5 Å². The third kappa shape index (κ3) is 4.17. The molecule has 0 fully saturated rings. The molecule has 2 rings (SSSR count). The Hall–Kier alpha value is -2.66. The topological polar surface area (TPSA) is 98.2 Å². The van der Waals surface area contributed by atoms with Crippen molar-refractivity contribution in [2.75, 3.05) is 0 Å². The van der Waals surface area contributed by atoms with E-state index in [4.69, 9.17) is 11.5 Å². The van der Waals surface area contributed by atoms with Crippen molar-refractivity contribution in [3.05, 3.63) is 71.8 Å². The van der Waals surface area contributed by atoms with E-state index in [1.165, 1.54) is 0 Å². The lowest BCUT2D eigenvalue weighted by Crippen LogP contribution is -2.46. The number of amides is 2. The van der Waals surface area contributed by atoms with E-state index in [1.807, 2.05) is 36.4 Å². The first kappa shape index (κ1) is 15.7. The molecule has 2 aromatic rings. The van der Waals surface area contributed by atoms with Crippen LogP contribution in [0.2, 0.25) is 0 Å². The Morgan fingerprint density at radius 1 is 0.955 bits per heavy atom. The molecule has 0 heterocycles. The van der Waals surface area contributed by atoms with Crippen LogP contribution >= 0.6 is 0 Å². The number of nitrogens with one attached hydrogen (secondary N) is 1. The number of carbonyl (C=O) groups is 2. The van der Waals surface area contributed by atoms with Gasteiger partial charge >= 0.3 is 0 Å². The summed E-state index contributed by atoms with van der Waals surface area (Å²) in [5.74, 6) is -1.03. The Kier molecular flexibility index (Phi) is 5.27. The molecule has 22 heavy (non-hydrogen) atoms. The molecule has 2 aromatic carbocycles. The lowest BCUT2D eigenvalue weighted by atomic mass is 10.0. The second-order valence-electron chi connectivity index (χ2n) is 5.05. The molecule has 2 amide bonds. The van der Waals surface area contributed by atoms with Gasteiger partial charge < -0.3 is 16.8 Å². The normalized spacial score (nSPS) is 13.1. The highest BCUT2D eigenvalue weighted by molar-refractivity contribution is 5.89. The molecule has 5 nitrogen and oxygen atoms in total. The van der Waals surface area contributed by atoms with Crippen LogP contribution < -0.4 is 16.8 Å². The third-order valence-corrected chi connectivity index (χ3v) is 3.34. The van der Waals surface area contributed by atoms with Gasteiger partial charge in [0.25, 0.3) is 0 Å². The fourth-order valence-corrected chi connectivity index (χ4v) is 2.17. The summed E-state index contributed by atoms with van der Waals surface area (Å²) in [5.41, 5.74) is 12.9. The molecule has 0 aromatic heterocycles. The van der Waals surface area contributed by atoms with Gasteiger partial charge in [-0.3, -0.25) is 9.59 Å². The first-order chi connectivity index (χ1) is 10.6. The smallest absolute Gasteiger partial charge is 0.244 e. The van der Waals surface area contributed by atoms with Crippen molar-refractivity contribution in [1.29, 1.82) is 0 Å². The number of hydrogen-bond acceptors (Lipinski definition) is 3. The van der Waals surface area contributed by atoms with Crippen molar-refractivity contribution in [3.63, 3.8) is 0 Å². The van der Waals surface area contributed by atoms with Gasteiger partial charge in [0.1, 0.15) is 6.04 Å². The SMILES string of the molecule is NC(=O)C(NC(=O)[C@@H](N)Cc1ccccc1)c1ccccc1.